The van der Waals surface area contributed by atoms with Crippen LogP contribution in [-0.4, -0.2) is 44.8 Å². The van der Waals surface area contributed by atoms with Crippen LogP contribution in [-0.2, 0) is 6.54 Å². The fraction of sp³-hybridized carbons (Fsp3) is 0.750. The lowest BCUT2D eigenvalue weighted by Gasteiger charge is -2.58. The van der Waals surface area contributed by atoms with E-state index >= 15 is 0 Å². The van der Waals surface area contributed by atoms with Crippen molar-refractivity contribution >= 4 is 6.03 Å². The Morgan fingerprint density at radius 1 is 1.52 bits per heavy atom. The number of nitrogens with zero attached hydrogens (tertiary/aromatic N) is 5. The summed E-state index contributed by atoms with van der Waals surface area (Å²) < 4.78 is 1.58. The zero-order valence-electron chi connectivity index (χ0n) is 13.8. The van der Waals surface area contributed by atoms with Crippen molar-refractivity contribution in [2.75, 3.05) is 13.1 Å². The van der Waals surface area contributed by atoms with Crippen LogP contribution >= 0.6 is 0 Å². The molecule has 23 heavy (non-hydrogen) atoms. The SMILES string of the molecule is CC(C)C1N(C(=O)NCCn2cnc(C#N)n2)CC12CCCC2. The summed E-state index contributed by atoms with van der Waals surface area (Å²) in [5.41, 5.74) is 0.374. The average Bonchev–Trinajstić information content (AvgIpc) is 3.14. The van der Waals surface area contributed by atoms with E-state index in [1.165, 1.54) is 32.0 Å². The molecule has 1 aromatic heterocycles. The van der Waals surface area contributed by atoms with Crippen LogP contribution in [0.5, 0.6) is 0 Å². The third-order valence-corrected chi connectivity index (χ3v) is 5.19. The van der Waals surface area contributed by atoms with E-state index in [1.54, 1.807) is 4.68 Å². The minimum atomic E-state index is 0.0156. The predicted octanol–water partition coefficient (Wildman–Crippen LogP) is 1.76. The van der Waals surface area contributed by atoms with Gasteiger partial charge in [-0.1, -0.05) is 26.7 Å². The Labute approximate surface area is 136 Å². The average molecular weight is 316 g/mol. The Bertz CT molecular complexity index is 610. The van der Waals surface area contributed by atoms with Gasteiger partial charge in [-0.3, -0.25) is 0 Å². The molecule has 1 aliphatic carbocycles. The highest BCUT2D eigenvalue weighted by Gasteiger charge is 2.56. The first-order valence-corrected chi connectivity index (χ1v) is 8.40. The van der Waals surface area contributed by atoms with Crippen molar-refractivity contribution in [1.82, 2.24) is 25.0 Å². The number of carbonyl (C=O) groups excluding carboxylic acids is 1. The van der Waals surface area contributed by atoms with E-state index in [-0.39, 0.29) is 11.9 Å². The summed E-state index contributed by atoms with van der Waals surface area (Å²) in [4.78, 5) is 18.3. The Morgan fingerprint density at radius 2 is 2.26 bits per heavy atom. The predicted molar refractivity (Wildman–Crippen MR) is 84.4 cm³/mol. The van der Waals surface area contributed by atoms with Gasteiger partial charge < -0.3 is 10.2 Å². The Hall–Kier alpha value is -2.10. The highest BCUT2D eigenvalue weighted by atomic mass is 16.2. The van der Waals surface area contributed by atoms with Gasteiger partial charge in [0.1, 0.15) is 12.4 Å². The van der Waals surface area contributed by atoms with Crippen molar-refractivity contribution in [2.45, 2.75) is 52.1 Å². The fourth-order valence-corrected chi connectivity index (χ4v) is 4.38. The van der Waals surface area contributed by atoms with Crippen molar-refractivity contribution in [3.05, 3.63) is 12.2 Å². The maximum Gasteiger partial charge on any atom is 0.317 e. The van der Waals surface area contributed by atoms with Gasteiger partial charge in [-0.2, -0.15) is 5.26 Å². The lowest BCUT2D eigenvalue weighted by molar-refractivity contribution is -0.0615. The molecule has 0 aromatic carbocycles. The minimum absolute atomic E-state index is 0.0156. The summed E-state index contributed by atoms with van der Waals surface area (Å²) in [5.74, 6) is 0.642. The molecule has 124 valence electrons. The minimum Gasteiger partial charge on any atom is -0.336 e. The second-order valence-electron chi connectivity index (χ2n) is 7.06. The molecule has 1 N–H and O–H groups in total. The number of hydrogen-bond donors (Lipinski definition) is 1. The van der Waals surface area contributed by atoms with Crippen LogP contribution in [0, 0.1) is 22.7 Å². The topological polar surface area (TPSA) is 86.8 Å². The van der Waals surface area contributed by atoms with Crippen molar-refractivity contribution in [2.24, 2.45) is 11.3 Å². The molecule has 1 atom stereocenters. The standard InChI is InChI=1S/C16H24N6O/c1-12(2)14-16(5-3-4-6-16)10-22(14)15(23)18-7-8-21-11-19-13(9-17)20-21/h11-12,14H,3-8,10H2,1-2H3,(H,18,23). The van der Waals surface area contributed by atoms with Crippen molar-refractivity contribution in [3.63, 3.8) is 0 Å². The van der Waals surface area contributed by atoms with E-state index in [2.05, 4.69) is 29.2 Å². The molecule has 1 unspecified atom stereocenters. The summed E-state index contributed by atoms with van der Waals surface area (Å²) >= 11 is 0. The normalized spacial score (nSPS) is 22.2. The number of carbonyl (C=O) groups is 1. The number of hydrogen-bond acceptors (Lipinski definition) is 4. The maximum atomic E-state index is 12.4. The van der Waals surface area contributed by atoms with Gasteiger partial charge >= 0.3 is 6.03 Å². The number of amides is 2. The molecule has 2 fully saturated rings. The summed E-state index contributed by atoms with van der Waals surface area (Å²) in [5, 5.41) is 15.6. The van der Waals surface area contributed by atoms with Gasteiger partial charge in [0.05, 0.1) is 6.54 Å². The molecule has 1 aromatic rings. The molecule has 1 aliphatic heterocycles. The van der Waals surface area contributed by atoms with E-state index in [0.29, 0.717) is 30.5 Å². The van der Waals surface area contributed by atoms with Gasteiger partial charge in [-0.05, 0) is 18.8 Å². The van der Waals surface area contributed by atoms with E-state index in [0.717, 1.165) is 6.54 Å². The summed E-state index contributed by atoms with van der Waals surface area (Å²) in [6.45, 7) is 6.32. The second kappa shape index (κ2) is 6.19. The maximum absolute atomic E-state index is 12.4. The first-order valence-electron chi connectivity index (χ1n) is 8.40. The molecule has 0 bridgehead atoms. The molecule has 2 amide bonds. The first kappa shape index (κ1) is 15.8. The van der Waals surface area contributed by atoms with Gasteiger partial charge in [0.2, 0.25) is 0 Å². The Balaban J connectivity index is 1.51. The van der Waals surface area contributed by atoms with E-state index < -0.39 is 0 Å². The third-order valence-electron chi connectivity index (χ3n) is 5.19. The molecule has 1 spiro atoms. The number of nitrogens with one attached hydrogen (secondary N) is 1. The first-order chi connectivity index (χ1) is 11.1. The molecular weight excluding hydrogens is 292 g/mol. The Morgan fingerprint density at radius 3 is 2.87 bits per heavy atom. The van der Waals surface area contributed by atoms with Gasteiger partial charge in [0.25, 0.3) is 5.82 Å². The monoisotopic (exact) mass is 316 g/mol. The number of likely N-dealkylation sites (tertiary alicyclic amines) is 1. The van der Waals surface area contributed by atoms with Crippen molar-refractivity contribution < 1.29 is 4.79 Å². The van der Waals surface area contributed by atoms with Crippen LogP contribution in [0.25, 0.3) is 0 Å². The van der Waals surface area contributed by atoms with E-state index in [1.807, 2.05) is 11.0 Å². The summed E-state index contributed by atoms with van der Waals surface area (Å²) in [7, 11) is 0. The van der Waals surface area contributed by atoms with Gasteiger partial charge in [0, 0.05) is 24.5 Å². The van der Waals surface area contributed by atoms with E-state index in [4.69, 9.17) is 5.26 Å². The van der Waals surface area contributed by atoms with Crippen LogP contribution < -0.4 is 5.32 Å². The van der Waals surface area contributed by atoms with Crippen LogP contribution in [0.2, 0.25) is 0 Å². The molecule has 3 rings (SSSR count). The number of nitriles is 1. The van der Waals surface area contributed by atoms with Gasteiger partial charge in [-0.15, -0.1) is 5.10 Å². The zero-order valence-corrected chi connectivity index (χ0v) is 13.8. The fourth-order valence-electron chi connectivity index (χ4n) is 4.38. The lowest BCUT2D eigenvalue weighted by atomic mass is 9.66. The largest absolute Gasteiger partial charge is 0.336 e. The molecule has 2 aliphatic rings. The van der Waals surface area contributed by atoms with E-state index in [9.17, 15) is 4.79 Å². The van der Waals surface area contributed by atoms with Gasteiger partial charge in [-0.25, -0.2) is 14.5 Å². The van der Waals surface area contributed by atoms with Crippen LogP contribution in [0.1, 0.15) is 45.4 Å². The van der Waals surface area contributed by atoms with Crippen molar-refractivity contribution in [3.8, 4) is 6.07 Å². The third kappa shape index (κ3) is 2.90. The number of urea groups is 1. The Kier molecular flexibility index (Phi) is 4.24. The lowest BCUT2D eigenvalue weighted by Crippen LogP contribution is -2.69. The smallest absolute Gasteiger partial charge is 0.317 e. The second-order valence-corrected chi connectivity index (χ2v) is 7.06. The quantitative estimate of drug-likeness (QED) is 0.917. The molecule has 1 saturated carbocycles. The molecule has 1 saturated heterocycles. The van der Waals surface area contributed by atoms with Crippen molar-refractivity contribution in [1.29, 1.82) is 5.26 Å². The number of aromatic nitrogens is 3. The molecule has 7 heteroatoms. The summed E-state index contributed by atoms with van der Waals surface area (Å²) in [6, 6.07) is 2.27. The van der Waals surface area contributed by atoms with Crippen LogP contribution in [0.4, 0.5) is 4.79 Å². The van der Waals surface area contributed by atoms with Gasteiger partial charge in [0.15, 0.2) is 0 Å². The zero-order chi connectivity index (χ0) is 16.4. The highest BCUT2D eigenvalue weighted by Crippen LogP contribution is 2.52. The molecule has 0 radical (unpaired) electrons. The van der Waals surface area contributed by atoms with Crippen LogP contribution in [0.15, 0.2) is 6.33 Å². The van der Waals surface area contributed by atoms with Crippen LogP contribution in [0.3, 0.4) is 0 Å². The molecule has 2 heterocycles. The number of rotatable bonds is 4. The summed E-state index contributed by atoms with van der Waals surface area (Å²) in [6.07, 6.45) is 6.63. The molecule has 7 nitrogen and oxygen atoms in total. The molecular formula is C16H24N6O. The highest BCUT2D eigenvalue weighted by molar-refractivity contribution is 5.76.